The minimum Gasteiger partial charge on any atom is -0.488 e. The predicted octanol–water partition coefficient (Wildman–Crippen LogP) is 7.23. The summed E-state index contributed by atoms with van der Waals surface area (Å²) >= 11 is 10.6. The molecule has 0 aromatic heterocycles. The molecule has 7 heteroatoms. The monoisotopic (exact) mass is 527 g/mol. The summed E-state index contributed by atoms with van der Waals surface area (Å²) < 4.78 is 6.84. The van der Waals surface area contributed by atoms with E-state index in [0.717, 1.165) is 32.9 Å². The highest BCUT2D eigenvalue weighted by Gasteiger charge is 2.35. The molecule has 4 nitrogen and oxygen atoms in total. The minimum absolute atomic E-state index is 0.248. The molecule has 0 radical (unpaired) electrons. The molecule has 32 heavy (non-hydrogen) atoms. The fourth-order valence-electron chi connectivity index (χ4n) is 3.31. The van der Waals surface area contributed by atoms with Gasteiger partial charge >= 0.3 is 0 Å². The lowest BCUT2D eigenvalue weighted by molar-refractivity contribution is -0.123. The summed E-state index contributed by atoms with van der Waals surface area (Å²) in [4.78, 5) is 27.2. The van der Waals surface area contributed by atoms with Gasteiger partial charge in [0.1, 0.15) is 12.4 Å². The average Bonchev–Trinajstić information content (AvgIpc) is 3.02. The summed E-state index contributed by atoms with van der Waals surface area (Å²) in [5.41, 5.74) is 3.56. The van der Waals surface area contributed by atoms with Crippen LogP contribution in [-0.2, 0) is 17.9 Å². The van der Waals surface area contributed by atoms with E-state index < -0.39 is 0 Å². The number of amides is 2. The van der Waals surface area contributed by atoms with Crippen molar-refractivity contribution in [3.63, 3.8) is 0 Å². The molecule has 4 rings (SSSR count). The first kappa shape index (κ1) is 22.6. The minimum atomic E-state index is -0.307. The Balaban J connectivity index is 1.56. The van der Waals surface area contributed by atoms with E-state index in [2.05, 4.69) is 15.9 Å². The van der Waals surface area contributed by atoms with Crippen molar-refractivity contribution in [3.8, 4) is 5.75 Å². The summed E-state index contributed by atoms with van der Waals surface area (Å²) in [5, 5.41) is 0.347. The number of aryl methyl sites for hydroxylation is 1. The number of halogens is 2. The van der Waals surface area contributed by atoms with Gasteiger partial charge in [0.25, 0.3) is 11.1 Å². The molecular formula is C25H19BrClNO3S. The standard InChI is InChI=1S/C25H19BrClNO3S/c1-16-5-4-6-17(11-16)14-28-24(29)23(32-25(28)30)13-19-12-20(26)9-10-22(19)31-15-18-7-2-3-8-21(18)27/h2-13H,14-15H2,1H3/b23-13+. The number of ether oxygens (including phenoxy) is 1. The Labute approximate surface area is 204 Å². The van der Waals surface area contributed by atoms with E-state index in [0.29, 0.717) is 21.2 Å². The number of hydrogen-bond acceptors (Lipinski definition) is 4. The second-order valence-corrected chi connectivity index (χ2v) is 9.64. The van der Waals surface area contributed by atoms with Crippen molar-refractivity contribution >= 4 is 56.5 Å². The van der Waals surface area contributed by atoms with E-state index in [-0.39, 0.29) is 24.3 Å². The highest BCUT2D eigenvalue weighted by molar-refractivity contribution is 9.10. The number of hydrogen-bond donors (Lipinski definition) is 0. The molecule has 1 aliphatic rings. The summed E-state index contributed by atoms with van der Waals surface area (Å²) in [6.45, 7) is 2.52. The molecule has 1 fully saturated rings. The molecule has 3 aromatic rings. The van der Waals surface area contributed by atoms with Crippen molar-refractivity contribution in [2.75, 3.05) is 0 Å². The quantitative estimate of drug-likeness (QED) is 0.317. The van der Waals surface area contributed by atoms with Crippen LogP contribution < -0.4 is 4.74 Å². The zero-order valence-corrected chi connectivity index (χ0v) is 20.3. The van der Waals surface area contributed by atoms with Gasteiger partial charge in [-0.15, -0.1) is 0 Å². The third-order valence-electron chi connectivity index (χ3n) is 4.90. The van der Waals surface area contributed by atoms with Gasteiger partial charge in [-0.1, -0.05) is 75.6 Å². The predicted molar refractivity (Wildman–Crippen MR) is 133 cm³/mol. The topological polar surface area (TPSA) is 46.6 Å². The maximum atomic E-state index is 13.0. The van der Waals surface area contributed by atoms with Crippen molar-refractivity contribution in [2.24, 2.45) is 0 Å². The molecule has 0 aliphatic carbocycles. The number of thioether (sulfide) groups is 1. The summed E-state index contributed by atoms with van der Waals surface area (Å²) in [6.07, 6.45) is 1.70. The maximum absolute atomic E-state index is 13.0. The highest BCUT2D eigenvalue weighted by atomic mass is 79.9. The molecule has 0 spiro atoms. The molecule has 1 heterocycles. The first-order chi connectivity index (χ1) is 15.4. The molecule has 0 bridgehead atoms. The Bertz CT molecular complexity index is 1230. The Morgan fingerprint density at radius 3 is 2.66 bits per heavy atom. The molecule has 3 aromatic carbocycles. The van der Waals surface area contributed by atoms with E-state index in [9.17, 15) is 9.59 Å². The lowest BCUT2D eigenvalue weighted by atomic mass is 10.1. The Morgan fingerprint density at radius 1 is 1.06 bits per heavy atom. The van der Waals surface area contributed by atoms with Crippen LogP contribution in [0.3, 0.4) is 0 Å². The van der Waals surface area contributed by atoms with Crippen LogP contribution in [0.25, 0.3) is 6.08 Å². The van der Waals surface area contributed by atoms with E-state index in [1.807, 2.05) is 73.7 Å². The van der Waals surface area contributed by atoms with E-state index in [4.69, 9.17) is 16.3 Å². The van der Waals surface area contributed by atoms with Gasteiger partial charge in [-0.3, -0.25) is 14.5 Å². The number of rotatable bonds is 6. The Morgan fingerprint density at radius 2 is 1.88 bits per heavy atom. The number of nitrogens with zero attached hydrogens (tertiary/aromatic N) is 1. The zero-order chi connectivity index (χ0) is 22.7. The molecule has 0 unspecified atom stereocenters. The SMILES string of the molecule is Cc1cccc(CN2C(=O)S/C(=C/c3cc(Br)ccc3OCc3ccccc3Cl)C2=O)c1. The smallest absolute Gasteiger partial charge is 0.293 e. The van der Waals surface area contributed by atoms with Crippen LogP contribution in [0.5, 0.6) is 5.75 Å². The first-order valence-corrected chi connectivity index (χ1v) is 11.9. The maximum Gasteiger partial charge on any atom is 0.293 e. The summed E-state index contributed by atoms with van der Waals surface area (Å²) in [7, 11) is 0. The fourth-order valence-corrected chi connectivity index (χ4v) is 4.70. The molecule has 1 saturated heterocycles. The van der Waals surface area contributed by atoms with Gasteiger partial charge in [0.15, 0.2) is 0 Å². The number of carbonyl (C=O) groups excluding carboxylic acids is 2. The van der Waals surface area contributed by atoms with Crippen molar-refractivity contribution in [1.29, 1.82) is 0 Å². The van der Waals surface area contributed by atoms with Crippen LogP contribution in [0.15, 0.2) is 76.1 Å². The van der Waals surface area contributed by atoms with Crippen LogP contribution >= 0.6 is 39.3 Å². The van der Waals surface area contributed by atoms with Crippen LogP contribution in [0.4, 0.5) is 4.79 Å². The van der Waals surface area contributed by atoms with Gasteiger partial charge in [0, 0.05) is 20.6 Å². The van der Waals surface area contributed by atoms with Crippen LogP contribution in [0.2, 0.25) is 5.02 Å². The second-order valence-electron chi connectivity index (χ2n) is 7.32. The van der Waals surface area contributed by atoms with Gasteiger partial charge in [-0.2, -0.15) is 0 Å². The third-order valence-corrected chi connectivity index (χ3v) is 6.67. The molecular weight excluding hydrogens is 510 g/mol. The largest absolute Gasteiger partial charge is 0.488 e. The van der Waals surface area contributed by atoms with E-state index in [1.54, 1.807) is 6.08 Å². The van der Waals surface area contributed by atoms with Gasteiger partial charge in [0.05, 0.1) is 11.4 Å². The Hall–Kier alpha value is -2.54. The summed E-state index contributed by atoms with van der Waals surface area (Å²) in [5.74, 6) is 0.289. The van der Waals surface area contributed by atoms with Gasteiger partial charge in [0.2, 0.25) is 0 Å². The van der Waals surface area contributed by atoms with E-state index >= 15 is 0 Å². The third kappa shape index (κ3) is 5.26. The van der Waals surface area contributed by atoms with Crippen LogP contribution in [0, 0.1) is 6.92 Å². The summed E-state index contributed by atoms with van der Waals surface area (Å²) in [6, 6.07) is 20.8. The molecule has 0 saturated carbocycles. The molecule has 0 atom stereocenters. The fraction of sp³-hybridized carbons (Fsp3) is 0.120. The van der Waals surface area contributed by atoms with Crippen molar-refractivity contribution in [2.45, 2.75) is 20.1 Å². The van der Waals surface area contributed by atoms with Crippen molar-refractivity contribution in [1.82, 2.24) is 4.90 Å². The lowest BCUT2D eigenvalue weighted by Gasteiger charge is -2.13. The number of imide groups is 1. The van der Waals surface area contributed by atoms with Crippen LogP contribution in [0.1, 0.15) is 22.3 Å². The number of benzene rings is 3. The van der Waals surface area contributed by atoms with Crippen LogP contribution in [-0.4, -0.2) is 16.0 Å². The second kappa shape index (κ2) is 9.94. The van der Waals surface area contributed by atoms with Crippen molar-refractivity contribution < 1.29 is 14.3 Å². The Kier molecular flexibility index (Phi) is 7.04. The first-order valence-electron chi connectivity index (χ1n) is 9.87. The highest BCUT2D eigenvalue weighted by Crippen LogP contribution is 2.36. The van der Waals surface area contributed by atoms with E-state index in [1.165, 1.54) is 4.90 Å². The molecule has 2 amide bonds. The van der Waals surface area contributed by atoms with Gasteiger partial charge in [-0.05, 0) is 54.6 Å². The molecule has 0 N–H and O–H groups in total. The normalized spacial score (nSPS) is 15.0. The number of carbonyl (C=O) groups is 2. The zero-order valence-electron chi connectivity index (χ0n) is 17.2. The van der Waals surface area contributed by atoms with Crippen molar-refractivity contribution in [3.05, 3.63) is 103 Å². The molecule has 162 valence electrons. The average molecular weight is 529 g/mol. The lowest BCUT2D eigenvalue weighted by Crippen LogP contribution is -2.27. The van der Waals surface area contributed by atoms with Gasteiger partial charge < -0.3 is 4.74 Å². The van der Waals surface area contributed by atoms with Gasteiger partial charge in [-0.25, -0.2) is 0 Å². The molecule has 1 aliphatic heterocycles.